The Morgan fingerprint density at radius 3 is 2.84 bits per heavy atom. The maximum atomic E-state index is 10.1. The van der Waals surface area contributed by atoms with Crippen LogP contribution >= 0.6 is 12.2 Å². The smallest absolute Gasteiger partial charge is 0.166 e. The van der Waals surface area contributed by atoms with Crippen LogP contribution < -0.4 is 16.0 Å². The van der Waals surface area contributed by atoms with E-state index in [1.165, 1.54) is 0 Å². The summed E-state index contributed by atoms with van der Waals surface area (Å²) in [4.78, 5) is 0. The van der Waals surface area contributed by atoms with Crippen molar-refractivity contribution in [2.75, 3.05) is 26.2 Å². The molecule has 6 nitrogen and oxygen atoms in total. The fourth-order valence-electron chi connectivity index (χ4n) is 1.90. The van der Waals surface area contributed by atoms with Crippen LogP contribution in [0.5, 0.6) is 0 Å². The second-order valence-electron chi connectivity index (χ2n) is 4.41. The van der Waals surface area contributed by atoms with Crippen LogP contribution in [-0.4, -0.2) is 65.9 Å². The lowest BCUT2D eigenvalue weighted by atomic mass is 9.98. The highest BCUT2D eigenvalue weighted by atomic mass is 32.1. The van der Waals surface area contributed by atoms with Crippen molar-refractivity contribution in [1.29, 1.82) is 0 Å². The molecule has 7 heteroatoms. The summed E-state index contributed by atoms with van der Waals surface area (Å²) in [5.74, 6) is 0. The minimum absolute atomic E-state index is 0.296. The zero-order chi connectivity index (χ0) is 14.3. The molecule has 1 saturated heterocycles. The van der Waals surface area contributed by atoms with Gasteiger partial charge < -0.3 is 30.9 Å². The highest BCUT2D eigenvalue weighted by molar-refractivity contribution is 7.80. The minimum Gasteiger partial charge on any atom is -0.388 e. The van der Waals surface area contributed by atoms with Crippen molar-refractivity contribution in [2.24, 2.45) is 0 Å². The third-order valence-corrected chi connectivity index (χ3v) is 3.18. The number of aliphatic hydroxyl groups is 2. The quantitative estimate of drug-likeness (QED) is 0.237. The molecule has 0 aromatic carbocycles. The van der Waals surface area contributed by atoms with E-state index in [-0.39, 0.29) is 0 Å². The summed E-state index contributed by atoms with van der Waals surface area (Å²) < 4.78 is 5.54. The van der Waals surface area contributed by atoms with Crippen LogP contribution in [-0.2, 0) is 4.74 Å². The molecule has 110 valence electrons. The van der Waals surface area contributed by atoms with Crippen molar-refractivity contribution in [3.63, 3.8) is 0 Å². The predicted octanol–water partition coefficient (Wildman–Crippen LogP) is -1.26. The monoisotopic (exact) mass is 289 g/mol. The van der Waals surface area contributed by atoms with Gasteiger partial charge in [0.25, 0.3) is 0 Å². The average Bonchev–Trinajstić information content (AvgIpc) is 2.38. The van der Waals surface area contributed by atoms with Crippen LogP contribution in [0.25, 0.3) is 0 Å². The van der Waals surface area contributed by atoms with Crippen LogP contribution in [0.4, 0.5) is 0 Å². The molecule has 1 heterocycles. The van der Waals surface area contributed by atoms with Gasteiger partial charge >= 0.3 is 0 Å². The van der Waals surface area contributed by atoms with Gasteiger partial charge in [0.05, 0.1) is 18.8 Å². The van der Waals surface area contributed by atoms with E-state index in [2.05, 4.69) is 22.5 Å². The number of thiocarbonyl (C=S) groups is 1. The molecule has 0 saturated carbocycles. The van der Waals surface area contributed by atoms with Gasteiger partial charge in [0.1, 0.15) is 12.2 Å². The van der Waals surface area contributed by atoms with E-state index >= 15 is 0 Å². The zero-order valence-corrected chi connectivity index (χ0v) is 11.9. The van der Waals surface area contributed by atoms with Crippen LogP contribution in [0.1, 0.15) is 6.92 Å². The molecule has 0 spiro atoms. The molecule has 1 aliphatic rings. The summed E-state index contributed by atoms with van der Waals surface area (Å²) in [6, 6.07) is -0.405. The summed E-state index contributed by atoms with van der Waals surface area (Å²) >= 11 is 5.05. The van der Waals surface area contributed by atoms with Gasteiger partial charge in [-0.2, -0.15) is 0 Å². The molecule has 0 unspecified atom stereocenters. The molecule has 4 atom stereocenters. The van der Waals surface area contributed by atoms with Crippen molar-refractivity contribution in [3.05, 3.63) is 12.7 Å². The topological polar surface area (TPSA) is 85.8 Å². The molecule has 0 radical (unpaired) electrons. The van der Waals surface area contributed by atoms with E-state index < -0.39 is 24.4 Å². The largest absolute Gasteiger partial charge is 0.388 e. The lowest BCUT2D eigenvalue weighted by molar-refractivity contribution is -0.145. The van der Waals surface area contributed by atoms with Gasteiger partial charge in [0, 0.05) is 19.6 Å². The Labute approximate surface area is 119 Å². The van der Waals surface area contributed by atoms with Crippen LogP contribution in [0.15, 0.2) is 12.7 Å². The van der Waals surface area contributed by atoms with Gasteiger partial charge in [-0.15, -0.1) is 6.58 Å². The first-order chi connectivity index (χ1) is 9.10. The Bertz CT molecular complexity index is 304. The number of nitrogens with one attached hydrogen (secondary N) is 3. The summed E-state index contributed by atoms with van der Waals surface area (Å²) in [6.45, 7) is 7.62. The summed E-state index contributed by atoms with van der Waals surface area (Å²) in [7, 11) is 0. The van der Waals surface area contributed by atoms with Gasteiger partial charge in [0.15, 0.2) is 5.11 Å². The predicted molar refractivity (Wildman–Crippen MR) is 78.0 cm³/mol. The van der Waals surface area contributed by atoms with E-state index in [0.717, 1.165) is 0 Å². The van der Waals surface area contributed by atoms with E-state index in [1.54, 1.807) is 6.08 Å². The van der Waals surface area contributed by atoms with E-state index in [9.17, 15) is 10.2 Å². The molecule has 0 bridgehead atoms. The van der Waals surface area contributed by atoms with Crippen molar-refractivity contribution >= 4 is 17.3 Å². The van der Waals surface area contributed by atoms with E-state index in [4.69, 9.17) is 17.0 Å². The molecule has 0 aliphatic carbocycles. The first kappa shape index (κ1) is 16.3. The molecule has 0 aromatic heterocycles. The van der Waals surface area contributed by atoms with E-state index in [1.807, 2.05) is 6.92 Å². The fourth-order valence-corrected chi connectivity index (χ4v) is 2.19. The normalized spacial score (nSPS) is 30.7. The molecule has 1 rings (SSSR count). The van der Waals surface area contributed by atoms with Crippen molar-refractivity contribution in [2.45, 2.75) is 31.3 Å². The molecule has 0 aromatic rings. The minimum atomic E-state index is -0.951. The third-order valence-electron chi connectivity index (χ3n) is 2.92. The molecule has 0 amide bonds. The number of hydrogen-bond acceptors (Lipinski definition) is 5. The SMILES string of the molecule is C=CCNC[C@H]1OC[C@H](NC(=S)NCC)[C@@H](O)[C@@H]1O. The van der Waals surface area contributed by atoms with Gasteiger partial charge in [-0.3, -0.25) is 0 Å². The van der Waals surface area contributed by atoms with Gasteiger partial charge in [0.2, 0.25) is 0 Å². The average molecular weight is 289 g/mol. The van der Waals surface area contributed by atoms with Crippen molar-refractivity contribution in [1.82, 2.24) is 16.0 Å². The second kappa shape index (κ2) is 8.44. The number of ether oxygens (including phenoxy) is 1. The molecule has 5 N–H and O–H groups in total. The number of hydrogen-bond donors (Lipinski definition) is 5. The van der Waals surface area contributed by atoms with Crippen molar-refractivity contribution < 1.29 is 14.9 Å². The molecule has 1 aliphatic heterocycles. The van der Waals surface area contributed by atoms with Gasteiger partial charge in [-0.05, 0) is 19.1 Å². The molecule has 1 fully saturated rings. The summed E-state index contributed by atoms with van der Waals surface area (Å²) in [5, 5.41) is 29.4. The Hall–Kier alpha value is -0.730. The molecular weight excluding hydrogens is 266 g/mol. The van der Waals surface area contributed by atoms with E-state index in [0.29, 0.717) is 31.4 Å². The van der Waals surface area contributed by atoms with Gasteiger partial charge in [-0.1, -0.05) is 6.08 Å². The second-order valence-corrected chi connectivity index (χ2v) is 4.82. The maximum Gasteiger partial charge on any atom is 0.166 e. The molecular formula is C12H23N3O3S. The van der Waals surface area contributed by atoms with Crippen LogP contribution in [0, 0.1) is 0 Å². The number of aliphatic hydroxyl groups excluding tert-OH is 2. The highest BCUT2D eigenvalue weighted by Gasteiger charge is 2.38. The maximum absolute atomic E-state index is 10.1. The first-order valence-corrected chi connectivity index (χ1v) is 6.84. The van der Waals surface area contributed by atoms with Gasteiger partial charge in [-0.25, -0.2) is 0 Å². The van der Waals surface area contributed by atoms with Crippen molar-refractivity contribution in [3.8, 4) is 0 Å². The number of rotatable bonds is 6. The lowest BCUT2D eigenvalue weighted by Crippen LogP contribution is -2.61. The summed E-state index contributed by atoms with van der Waals surface area (Å²) in [5.41, 5.74) is 0. The fraction of sp³-hybridized carbons (Fsp3) is 0.750. The molecule has 19 heavy (non-hydrogen) atoms. The zero-order valence-electron chi connectivity index (χ0n) is 11.1. The Balaban J connectivity index is 2.42. The highest BCUT2D eigenvalue weighted by Crippen LogP contribution is 2.15. The Morgan fingerprint density at radius 2 is 2.21 bits per heavy atom. The standard InChI is InChI=1S/C12H23N3O3S/c1-3-5-13-6-9-11(17)10(16)8(7-18-9)15-12(19)14-4-2/h3,8-11,13,16-17H,1,4-7H2,2H3,(H2,14,15,19)/t8-,9+,10+,11+/m0/s1. The lowest BCUT2D eigenvalue weighted by Gasteiger charge is -2.38. The Kier molecular flexibility index (Phi) is 7.25. The summed E-state index contributed by atoms with van der Waals surface area (Å²) in [6.07, 6.45) is -0.570. The van der Waals surface area contributed by atoms with Crippen LogP contribution in [0.3, 0.4) is 0 Å². The third kappa shape index (κ3) is 5.04. The van der Waals surface area contributed by atoms with Crippen LogP contribution in [0.2, 0.25) is 0 Å². The Morgan fingerprint density at radius 1 is 1.47 bits per heavy atom. The first-order valence-electron chi connectivity index (χ1n) is 6.43.